The van der Waals surface area contributed by atoms with Gasteiger partial charge in [0.15, 0.2) is 6.61 Å². The third-order valence-corrected chi connectivity index (χ3v) is 3.71. The lowest BCUT2D eigenvalue weighted by atomic mass is 10.2. The van der Waals surface area contributed by atoms with Crippen molar-refractivity contribution in [3.05, 3.63) is 54.5 Å². The van der Waals surface area contributed by atoms with E-state index in [0.29, 0.717) is 5.75 Å². The number of pyridine rings is 1. The molecular formula is C17H18FN3O2. The summed E-state index contributed by atoms with van der Waals surface area (Å²) in [6, 6.07) is 11.5. The fraction of sp³-hybridized carbons (Fsp3) is 0.294. The van der Waals surface area contributed by atoms with Crippen LogP contribution in [0.5, 0.6) is 5.75 Å². The fourth-order valence-corrected chi connectivity index (χ4v) is 2.58. The Morgan fingerprint density at radius 2 is 2.13 bits per heavy atom. The Morgan fingerprint density at radius 3 is 2.87 bits per heavy atom. The van der Waals surface area contributed by atoms with Gasteiger partial charge >= 0.3 is 0 Å². The molecule has 0 spiro atoms. The average molecular weight is 315 g/mol. The van der Waals surface area contributed by atoms with Crippen LogP contribution < -0.4 is 15.0 Å². The highest BCUT2D eigenvalue weighted by molar-refractivity contribution is 5.78. The van der Waals surface area contributed by atoms with Crippen molar-refractivity contribution in [1.82, 2.24) is 10.3 Å². The number of halogens is 1. The van der Waals surface area contributed by atoms with E-state index in [4.69, 9.17) is 4.74 Å². The Hall–Kier alpha value is -2.63. The molecule has 1 unspecified atom stereocenters. The van der Waals surface area contributed by atoms with Gasteiger partial charge in [-0.25, -0.2) is 9.37 Å². The number of carbonyl (C=O) groups excluding carboxylic acids is 1. The Kier molecular flexibility index (Phi) is 4.71. The van der Waals surface area contributed by atoms with Crippen LogP contribution in [0.15, 0.2) is 48.7 Å². The first-order chi connectivity index (χ1) is 11.2. The van der Waals surface area contributed by atoms with E-state index in [1.165, 1.54) is 24.3 Å². The lowest BCUT2D eigenvalue weighted by molar-refractivity contribution is -0.123. The minimum atomic E-state index is -0.331. The van der Waals surface area contributed by atoms with Crippen molar-refractivity contribution in [1.29, 1.82) is 0 Å². The summed E-state index contributed by atoms with van der Waals surface area (Å²) in [5.41, 5.74) is 0. The molecular weight excluding hydrogens is 297 g/mol. The van der Waals surface area contributed by atoms with Gasteiger partial charge in [0.2, 0.25) is 0 Å². The van der Waals surface area contributed by atoms with Gasteiger partial charge in [0.05, 0.1) is 0 Å². The zero-order chi connectivity index (χ0) is 16.1. The second-order valence-electron chi connectivity index (χ2n) is 5.43. The lowest BCUT2D eigenvalue weighted by Crippen LogP contribution is -2.39. The molecule has 1 aliphatic heterocycles. The van der Waals surface area contributed by atoms with Crippen molar-refractivity contribution >= 4 is 11.7 Å². The van der Waals surface area contributed by atoms with E-state index in [-0.39, 0.29) is 24.4 Å². The fourth-order valence-electron chi connectivity index (χ4n) is 2.58. The monoisotopic (exact) mass is 315 g/mol. The molecule has 2 heterocycles. The highest BCUT2D eigenvalue weighted by Gasteiger charge is 2.24. The first-order valence-corrected chi connectivity index (χ1v) is 7.54. The van der Waals surface area contributed by atoms with Crippen molar-refractivity contribution in [2.45, 2.75) is 12.5 Å². The van der Waals surface area contributed by atoms with E-state index in [9.17, 15) is 9.18 Å². The standard InChI is InChI=1S/C17H18FN3O2/c18-13-4-6-15(7-5-13)23-12-17(22)20-14-8-10-21(11-14)16-3-1-2-9-19-16/h1-7,9,14H,8,10-12H2,(H,20,22). The Bertz CT molecular complexity index is 649. The molecule has 6 heteroatoms. The van der Waals surface area contributed by atoms with Gasteiger partial charge in [-0.3, -0.25) is 4.79 Å². The van der Waals surface area contributed by atoms with Crippen LogP contribution >= 0.6 is 0 Å². The number of rotatable bonds is 5. The van der Waals surface area contributed by atoms with Gasteiger partial charge in [-0.05, 0) is 42.8 Å². The highest BCUT2D eigenvalue weighted by Crippen LogP contribution is 2.17. The second-order valence-corrected chi connectivity index (χ2v) is 5.43. The molecule has 2 aromatic rings. The lowest BCUT2D eigenvalue weighted by Gasteiger charge is -2.17. The molecule has 120 valence electrons. The van der Waals surface area contributed by atoms with Crippen molar-refractivity contribution in [3.63, 3.8) is 0 Å². The molecule has 1 aromatic heterocycles. The maximum atomic E-state index is 12.8. The molecule has 1 fully saturated rings. The van der Waals surface area contributed by atoms with Gasteiger partial charge in [0, 0.05) is 25.3 Å². The van der Waals surface area contributed by atoms with E-state index in [1.54, 1.807) is 6.20 Å². The zero-order valence-electron chi connectivity index (χ0n) is 12.6. The average Bonchev–Trinajstić information content (AvgIpc) is 3.04. The van der Waals surface area contributed by atoms with Crippen molar-refractivity contribution in [2.24, 2.45) is 0 Å². The third-order valence-electron chi connectivity index (χ3n) is 3.71. The van der Waals surface area contributed by atoms with Gasteiger partial charge in [-0.2, -0.15) is 0 Å². The quantitative estimate of drug-likeness (QED) is 0.917. The van der Waals surface area contributed by atoms with E-state index in [0.717, 1.165) is 25.3 Å². The van der Waals surface area contributed by atoms with Crippen LogP contribution in [0.3, 0.4) is 0 Å². The number of amides is 1. The molecule has 0 radical (unpaired) electrons. The molecule has 1 N–H and O–H groups in total. The Labute approximate surface area is 134 Å². The van der Waals surface area contributed by atoms with Crippen LogP contribution in [-0.4, -0.2) is 36.6 Å². The number of hydrogen-bond acceptors (Lipinski definition) is 4. The van der Waals surface area contributed by atoms with Crippen LogP contribution in [0.4, 0.5) is 10.2 Å². The summed E-state index contributed by atoms with van der Waals surface area (Å²) in [7, 11) is 0. The number of ether oxygens (including phenoxy) is 1. The van der Waals surface area contributed by atoms with Crippen LogP contribution in [0.1, 0.15) is 6.42 Å². The van der Waals surface area contributed by atoms with Crippen molar-refractivity contribution in [3.8, 4) is 5.75 Å². The smallest absolute Gasteiger partial charge is 0.258 e. The van der Waals surface area contributed by atoms with Gasteiger partial charge in [0.25, 0.3) is 5.91 Å². The number of nitrogens with one attached hydrogen (secondary N) is 1. The van der Waals surface area contributed by atoms with Crippen LogP contribution in [0.2, 0.25) is 0 Å². The number of aromatic nitrogens is 1. The first-order valence-electron chi connectivity index (χ1n) is 7.54. The number of anilines is 1. The molecule has 1 saturated heterocycles. The van der Waals surface area contributed by atoms with Gasteiger partial charge < -0.3 is 15.0 Å². The third kappa shape index (κ3) is 4.18. The minimum Gasteiger partial charge on any atom is -0.484 e. The predicted molar refractivity (Wildman–Crippen MR) is 84.9 cm³/mol. The first kappa shape index (κ1) is 15.3. The number of nitrogens with zero attached hydrogens (tertiary/aromatic N) is 2. The molecule has 3 rings (SSSR count). The Morgan fingerprint density at radius 1 is 1.30 bits per heavy atom. The summed E-state index contributed by atoms with van der Waals surface area (Å²) in [5, 5.41) is 2.95. The molecule has 1 aromatic carbocycles. The minimum absolute atomic E-state index is 0.0777. The summed E-state index contributed by atoms with van der Waals surface area (Å²) in [6.45, 7) is 1.52. The SMILES string of the molecule is O=C(COc1ccc(F)cc1)NC1CCN(c2ccccn2)C1. The molecule has 23 heavy (non-hydrogen) atoms. The molecule has 1 aliphatic rings. The summed E-state index contributed by atoms with van der Waals surface area (Å²) in [6.07, 6.45) is 2.64. The Balaban J connectivity index is 1.45. The van der Waals surface area contributed by atoms with Gasteiger partial charge in [-0.1, -0.05) is 6.07 Å². The summed E-state index contributed by atoms with van der Waals surface area (Å²) >= 11 is 0. The molecule has 1 amide bonds. The van der Waals surface area contributed by atoms with Crippen LogP contribution in [0.25, 0.3) is 0 Å². The maximum Gasteiger partial charge on any atom is 0.258 e. The van der Waals surface area contributed by atoms with E-state index in [2.05, 4.69) is 15.2 Å². The van der Waals surface area contributed by atoms with Crippen molar-refractivity contribution < 1.29 is 13.9 Å². The largest absolute Gasteiger partial charge is 0.484 e. The van der Waals surface area contributed by atoms with Gasteiger partial charge in [-0.15, -0.1) is 0 Å². The normalized spacial score (nSPS) is 17.1. The second kappa shape index (κ2) is 7.09. The molecule has 1 atom stereocenters. The predicted octanol–water partition coefficient (Wildman–Crippen LogP) is 1.99. The number of benzene rings is 1. The topological polar surface area (TPSA) is 54.5 Å². The van der Waals surface area contributed by atoms with Crippen LogP contribution in [0, 0.1) is 5.82 Å². The van der Waals surface area contributed by atoms with Crippen LogP contribution in [-0.2, 0) is 4.79 Å². The van der Waals surface area contributed by atoms with E-state index >= 15 is 0 Å². The zero-order valence-corrected chi connectivity index (χ0v) is 12.6. The van der Waals surface area contributed by atoms with Gasteiger partial charge in [0.1, 0.15) is 17.4 Å². The van der Waals surface area contributed by atoms with Crippen molar-refractivity contribution in [2.75, 3.05) is 24.6 Å². The molecule has 0 saturated carbocycles. The molecule has 0 aliphatic carbocycles. The number of hydrogen-bond donors (Lipinski definition) is 1. The highest BCUT2D eigenvalue weighted by atomic mass is 19.1. The summed E-state index contributed by atoms with van der Waals surface area (Å²) in [4.78, 5) is 18.4. The summed E-state index contributed by atoms with van der Waals surface area (Å²) in [5.74, 6) is 0.888. The summed E-state index contributed by atoms with van der Waals surface area (Å²) < 4.78 is 18.1. The van der Waals surface area contributed by atoms with E-state index in [1.807, 2.05) is 18.2 Å². The molecule has 5 nitrogen and oxygen atoms in total. The maximum absolute atomic E-state index is 12.8. The molecule has 0 bridgehead atoms. The van der Waals surface area contributed by atoms with E-state index < -0.39 is 0 Å². The number of carbonyl (C=O) groups is 1.